The summed E-state index contributed by atoms with van der Waals surface area (Å²) in [6.45, 7) is 2.66. The predicted molar refractivity (Wildman–Crippen MR) is 79.0 cm³/mol. The van der Waals surface area contributed by atoms with Crippen LogP contribution in [0.4, 0.5) is 10.3 Å². The second kappa shape index (κ2) is 4.96. The Morgan fingerprint density at radius 2 is 2.00 bits per heavy atom. The summed E-state index contributed by atoms with van der Waals surface area (Å²) >= 11 is 0. The Morgan fingerprint density at radius 3 is 2.80 bits per heavy atom. The Kier molecular flexibility index (Phi) is 3.14. The Hall–Kier alpha value is -2.36. The highest BCUT2D eigenvalue weighted by Gasteiger charge is 2.08. The summed E-state index contributed by atoms with van der Waals surface area (Å²) in [6, 6.07) is 12.8. The van der Waals surface area contributed by atoms with Gasteiger partial charge in [-0.2, -0.15) is 0 Å². The Labute approximate surface area is 116 Å². The van der Waals surface area contributed by atoms with Gasteiger partial charge in [0.1, 0.15) is 5.82 Å². The van der Waals surface area contributed by atoms with Crippen LogP contribution in [-0.4, -0.2) is 9.55 Å². The summed E-state index contributed by atoms with van der Waals surface area (Å²) in [5, 5.41) is 0. The lowest BCUT2D eigenvalue weighted by molar-refractivity contribution is 0.624. The van der Waals surface area contributed by atoms with Crippen molar-refractivity contribution in [2.24, 2.45) is 0 Å². The van der Waals surface area contributed by atoms with Crippen LogP contribution in [0, 0.1) is 12.7 Å². The molecule has 0 unspecified atom stereocenters. The van der Waals surface area contributed by atoms with Gasteiger partial charge < -0.3 is 10.3 Å². The van der Waals surface area contributed by atoms with Crippen molar-refractivity contribution in [2.45, 2.75) is 19.9 Å². The number of benzene rings is 2. The van der Waals surface area contributed by atoms with E-state index in [1.54, 1.807) is 6.07 Å². The highest BCUT2D eigenvalue weighted by atomic mass is 19.1. The molecular weight excluding hydrogens is 253 g/mol. The highest BCUT2D eigenvalue weighted by Crippen LogP contribution is 2.19. The van der Waals surface area contributed by atoms with Crippen LogP contribution < -0.4 is 5.73 Å². The molecule has 20 heavy (non-hydrogen) atoms. The van der Waals surface area contributed by atoms with Gasteiger partial charge in [0.2, 0.25) is 5.95 Å². The van der Waals surface area contributed by atoms with Crippen molar-refractivity contribution in [1.29, 1.82) is 0 Å². The van der Waals surface area contributed by atoms with Crippen molar-refractivity contribution in [3.63, 3.8) is 0 Å². The fourth-order valence-electron chi connectivity index (χ4n) is 2.50. The molecule has 4 heteroatoms. The zero-order valence-corrected chi connectivity index (χ0v) is 11.3. The highest BCUT2D eigenvalue weighted by molar-refractivity contribution is 5.78. The first kappa shape index (κ1) is 12.7. The number of nitrogens with zero attached hydrogens (tertiary/aromatic N) is 2. The number of anilines is 1. The van der Waals surface area contributed by atoms with Gasteiger partial charge >= 0.3 is 0 Å². The first-order chi connectivity index (χ1) is 9.65. The van der Waals surface area contributed by atoms with Gasteiger partial charge in [-0.05, 0) is 48.7 Å². The van der Waals surface area contributed by atoms with Crippen molar-refractivity contribution < 1.29 is 4.39 Å². The molecule has 0 atom stereocenters. The summed E-state index contributed by atoms with van der Waals surface area (Å²) in [5.41, 5.74) is 10.0. The Balaban J connectivity index is 1.88. The van der Waals surface area contributed by atoms with E-state index < -0.39 is 0 Å². The molecule has 3 rings (SSSR count). The lowest BCUT2D eigenvalue weighted by Crippen LogP contribution is -2.06. The van der Waals surface area contributed by atoms with E-state index in [0.29, 0.717) is 5.95 Å². The second-order valence-corrected chi connectivity index (χ2v) is 4.93. The van der Waals surface area contributed by atoms with Crippen molar-refractivity contribution in [3.05, 3.63) is 59.4 Å². The number of hydrogen-bond donors (Lipinski definition) is 1. The van der Waals surface area contributed by atoms with Crippen LogP contribution in [-0.2, 0) is 13.0 Å². The molecule has 0 aliphatic heterocycles. The molecule has 2 N–H and O–H groups in total. The molecule has 0 saturated carbocycles. The first-order valence-electron chi connectivity index (χ1n) is 6.61. The molecule has 0 bridgehead atoms. The van der Waals surface area contributed by atoms with Gasteiger partial charge in [-0.1, -0.05) is 18.2 Å². The summed E-state index contributed by atoms with van der Waals surface area (Å²) < 4.78 is 15.1. The predicted octanol–water partition coefficient (Wildman–Crippen LogP) is 3.31. The third kappa shape index (κ3) is 2.25. The van der Waals surface area contributed by atoms with Gasteiger partial charge in [-0.15, -0.1) is 0 Å². The normalized spacial score (nSPS) is 11.1. The number of aryl methyl sites for hydroxylation is 3. The fraction of sp³-hybridized carbons (Fsp3) is 0.188. The van der Waals surface area contributed by atoms with Crippen LogP contribution >= 0.6 is 0 Å². The average Bonchev–Trinajstić information content (AvgIpc) is 2.74. The van der Waals surface area contributed by atoms with E-state index in [2.05, 4.69) is 4.98 Å². The van der Waals surface area contributed by atoms with Crippen LogP contribution in [0.15, 0.2) is 42.5 Å². The molecule has 0 saturated heterocycles. The summed E-state index contributed by atoms with van der Waals surface area (Å²) in [4.78, 5) is 4.34. The van der Waals surface area contributed by atoms with Crippen LogP contribution in [0.2, 0.25) is 0 Å². The molecule has 3 aromatic rings. The second-order valence-electron chi connectivity index (χ2n) is 4.93. The van der Waals surface area contributed by atoms with Gasteiger partial charge in [0.25, 0.3) is 0 Å². The van der Waals surface area contributed by atoms with Gasteiger partial charge in [-0.3, -0.25) is 0 Å². The summed E-state index contributed by atoms with van der Waals surface area (Å²) in [6.07, 6.45) is 0.802. The van der Waals surface area contributed by atoms with Crippen LogP contribution in [0.25, 0.3) is 11.0 Å². The van der Waals surface area contributed by atoms with E-state index in [0.717, 1.165) is 35.1 Å². The number of halogens is 1. The number of para-hydroxylation sites is 2. The van der Waals surface area contributed by atoms with Gasteiger partial charge in [0, 0.05) is 6.54 Å². The molecule has 0 aliphatic carbocycles. The minimum atomic E-state index is -0.196. The van der Waals surface area contributed by atoms with Gasteiger partial charge in [0.15, 0.2) is 0 Å². The van der Waals surface area contributed by atoms with Crippen LogP contribution in [0.1, 0.15) is 11.1 Å². The molecule has 0 radical (unpaired) electrons. The van der Waals surface area contributed by atoms with E-state index in [1.807, 2.05) is 41.8 Å². The molecule has 0 spiro atoms. The molecule has 0 fully saturated rings. The zero-order chi connectivity index (χ0) is 14.1. The van der Waals surface area contributed by atoms with E-state index in [4.69, 9.17) is 5.73 Å². The number of rotatable bonds is 3. The third-order valence-corrected chi connectivity index (χ3v) is 3.59. The maximum Gasteiger partial charge on any atom is 0.201 e. The number of aromatic nitrogens is 2. The largest absolute Gasteiger partial charge is 0.369 e. The number of nitrogens with two attached hydrogens (primary N) is 1. The van der Waals surface area contributed by atoms with E-state index >= 15 is 0 Å². The first-order valence-corrected chi connectivity index (χ1v) is 6.61. The van der Waals surface area contributed by atoms with Crippen molar-refractivity contribution in [3.8, 4) is 0 Å². The maximum absolute atomic E-state index is 13.1. The topological polar surface area (TPSA) is 43.8 Å². The Bertz CT molecular complexity index is 762. The molecule has 2 aromatic carbocycles. The third-order valence-electron chi connectivity index (χ3n) is 3.59. The summed E-state index contributed by atoms with van der Waals surface area (Å²) in [5.74, 6) is 0.324. The zero-order valence-electron chi connectivity index (χ0n) is 11.3. The molecular formula is C16H16FN3. The van der Waals surface area contributed by atoms with E-state index in [1.165, 1.54) is 6.07 Å². The average molecular weight is 269 g/mol. The van der Waals surface area contributed by atoms with Crippen LogP contribution in [0.5, 0.6) is 0 Å². The number of fused-ring (bicyclic) bond motifs is 1. The SMILES string of the molecule is Cc1cc(F)ccc1CCn1c(N)nc2ccccc21. The molecule has 0 aliphatic rings. The monoisotopic (exact) mass is 269 g/mol. The molecule has 1 aromatic heterocycles. The number of hydrogen-bond acceptors (Lipinski definition) is 2. The van der Waals surface area contributed by atoms with Crippen molar-refractivity contribution in [1.82, 2.24) is 9.55 Å². The maximum atomic E-state index is 13.1. The lowest BCUT2D eigenvalue weighted by Gasteiger charge is -2.09. The minimum Gasteiger partial charge on any atom is -0.369 e. The van der Waals surface area contributed by atoms with Gasteiger partial charge in [-0.25, -0.2) is 9.37 Å². The van der Waals surface area contributed by atoms with Gasteiger partial charge in [0.05, 0.1) is 11.0 Å². The molecule has 1 heterocycles. The molecule has 3 nitrogen and oxygen atoms in total. The van der Waals surface area contributed by atoms with Crippen molar-refractivity contribution >= 4 is 17.0 Å². The quantitative estimate of drug-likeness (QED) is 0.792. The van der Waals surface area contributed by atoms with E-state index in [-0.39, 0.29) is 5.82 Å². The summed E-state index contributed by atoms with van der Waals surface area (Å²) in [7, 11) is 0. The number of nitrogen functional groups attached to an aromatic ring is 1. The van der Waals surface area contributed by atoms with E-state index in [9.17, 15) is 4.39 Å². The standard InChI is InChI=1S/C16H16FN3/c1-11-10-13(17)7-6-12(11)8-9-20-15-5-3-2-4-14(15)19-16(20)18/h2-7,10H,8-9H2,1H3,(H2,18,19). The molecule has 102 valence electrons. The minimum absolute atomic E-state index is 0.196. The number of imidazole rings is 1. The van der Waals surface area contributed by atoms with Crippen molar-refractivity contribution in [2.75, 3.05) is 5.73 Å². The Morgan fingerprint density at radius 1 is 1.20 bits per heavy atom. The smallest absolute Gasteiger partial charge is 0.201 e. The fourth-order valence-corrected chi connectivity index (χ4v) is 2.50. The molecule has 0 amide bonds. The van der Waals surface area contributed by atoms with Crippen LogP contribution in [0.3, 0.4) is 0 Å². The lowest BCUT2D eigenvalue weighted by atomic mass is 10.1.